The van der Waals surface area contributed by atoms with Gasteiger partial charge in [-0.15, -0.1) is 0 Å². The summed E-state index contributed by atoms with van der Waals surface area (Å²) in [4.78, 5) is 0. The maximum absolute atomic E-state index is 8.89. The largest absolute Gasteiger partial charge is 0.392 e. The van der Waals surface area contributed by atoms with E-state index in [4.69, 9.17) is 5.11 Å². The molecule has 0 aromatic heterocycles. The molecule has 1 heteroatoms. The molecule has 0 aliphatic rings. The summed E-state index contributed by atoms with van der Waals surface area (Å²) in [5, 5.41) is 8.89. The normalized spacial score (nSPS) is 11.8. The van der Waals surface area contributed by atoms with Crippen LogP contribution in [0.1, 0.15) is 23.6 Å². The van der Waals surface area contributed by atoms with E-state index in [-0.39, 0.29) is 6.61 Å². The molecule has 0 fully saturated rings. The number of rotatable bonds is 2. The van der Waals surface area contributed by atoms with E-state index in [1.807, 2.05) is 13.0 Å². The van der Waals surface area contributed by atoms with Crippen molar-refractivity contribution >= 4 is 6.08 Å². The Bertz CT molecular complexity index is 324. The molecule has 0 unspecified atom stereocenters. The first kappa shape index (κ1) is 10.0. The summed E-state index contributed by atoms with van der Waals surface area (Å²) in [6.45, 7) is 6.22. The van der Waals surface area contributed by atoms with Crippen LogP contribution >= 0.6 is 0 Å². The van der Waals surface area contributed by atoms with Gasteiger partial charge < -0.3 is 5.11 Å². The molecular formula is C12H16O. The van der Waals surface area contributed by atoms with Crippen LogP contribution in [0.15, 0.2) is 23.8 Å². The molecule has 1 N–H and O–H groups in total. The van der Waals surface area contributed by atoms with Crippen molar-refractivity contribution in [1.29, 1.82) is 0 Å². The van der Waals surface area contributed by atoms with Crippen LogP contribution in [0.3, 0.4) is 0 Å². The van der Waals surface area contributed by atoms with Crippen LogP contribution < -0.4 is 0 Å². The van der Waals surface area contributed by atoms with Crippen molar-refractivity contribution in [3.63, 3.8) is 0 Å². The Labute approximate surface area is 79.7 Å². The van der Waals surface area contributed by atoms with Gasteiger partial charge in [0.1, 0.15) is 0 Å². The minimum absolute atomic E-state index is 0.132. The Hall–Kier alpha value is -1.08. The Balaban J connectivity index is 3.07. The van der Waals surface area contributed by atoms with E-state index in [1.54, 1.807) is 0 Å². The van der Waals surface area contributed by atoms with Crippen molar-refractivity contribution in [2.75, 3.05) is 6.61 Å². The fraction of sp³-hybridized carbons (Fsp3) is 0.333. The molecule has 0 saturated heterocycles. The molecule has 0 amide bonds. The van der Waals surface area contributed by atoms with Crippen molar-refractivity contribution in [3.8, 4) is 0 Å². The Kier molecular flexibility index (Phi) is 3.26. The van der Waals surface area contributed by atoms with Gasteiger partial charge >= 0.3 is 0 Å². The summed E-state index contributed by atoms with van der Waals surface area (Å²) in [6, 6.07) is 6.33. The van der Waals surface area contributed by atoms with Gasteiger partial charge in [-0.25, -0.2) is 0 Å². The second kappa shape index (κ2) is 4.24. The fourth-order valence-electron chi connectivity index (χ4n) is 1.23. The summed E-state index contributed by atoms with van der Waals surface area (Å²) in [5.41, 5.74) is 4.70. The molecule has 0 aliphatic carbocycles. The zero-order chi connectivity index (χ0) is 9.84. The van der Waals surface area contributed by atoms with E-state index >= 15 is 0 Å². The number of hydrogen-bond donors (Lipinski definition) is 1. The quantitative estimate of drug-likeness (QED) is 0.734. The lowest BCUT2D eigenvalue weighted by Gasteiger charge is -2.03. The number of aliphatic hydroxyl groups excluding tert-OH is 1. The van der Waals surface area contributed by atoms with Crippen LogP contribution in [-0.2, 0) is 0 Å². The molecular weight excluding hydrogens is 160 g/mol. The van der Waals surface area contributed by atoms with Gasteiger partial charge in [0.15, 0.2) is 0 Å². The molecule has 0 aliphatic heterocycles. The van der Waals surface area contributed by atoms with E-state index in [2.05, 4.69) is 32.0 Å². The molecule has 1 aromatic carbocycles. The molecule has 13 heavy (non-hydrogen) atoms. The molecule has 0 bridgehead atoms. The van der Waals surface area contributed by atoms with Gasteiger partial charge in [0.05, 0.1) is 6.61 Å². The Morgan fingerprint density at radius 3 is 2.69 bits per heavy atom. The second-order valence-corrected chi connectivity index (χ2v) is 3.51. The molecule has 70 valence electrons. The highest BCUT2D eigenvalue weighted by atomic mass is 16.3. The summed E-state index contributed by atoms with van der Waals surface area (Å²) in [5.74, 6) is 0. The Morgan fingerprint density at radius 1 is 1.38 bits per heavy atom. The number of benzene rings is 1. The van der Waals surface area contributed by atoms with Gasteiger partial charge in [-0.05, 0) is 37.5 Å². The third-order valence-corrected chi connectivity index (χ3v) is 2.09. The molecule has 1 rings (SSSR count). The van der Waals surface area contributed by atoms with E-state index < -0.39 is 0 Å². The van der Waals surface area contributed by atoms with Crippen LogP contribution in [0.4, 0.5) is 0 Å². The Morgan fingerprint density at radius 2 is 2.08 bits per heavy atom. The number of aryl methyl sites for hydroxylation is 2. The first-order chi connectivity index (χ1) is 6.13. The minimum atomic E-state index is 0.132. The zero-order valence-electron chi connectivity index (χ0n) is 8.46. The van der Waals surface area contributed by atoms with Gasteiger partial charge in [0.2, 0.25) is 0 Å². The highest BCUT2D eigenvalue weighted by Gasteiger charge is 1.95. The average molecular weight is 176 g/mol. The van der Waals surface area contributed by atoms with Crippen molar-refractivity contribution in [3.05, 3.63) is 40.5 Å². The van der Waals surface area contributed by atoms with Crippen LogP contribution in [-0.4, -0.2) is 11.7 Å². The minimum Gasteiger partial charge on any atom is -0.392 e. The predicted molar refractivity (Wildman–Crippen MR) is 56.7 cm³/mol. The van der Waals surface area contributed by atoms with Crippen LogP contribution in [0.5, 0.6) is 0 Å². The molecule has 1 nitrogen and oxygen atoms in total. The molecule has 1 aromatic rings. The lowest BCUT2D eigenvalue weighted by molar-refractivity contribution is 0.332. The molecule has 0 heterocycles. The van der Waals surface area contributed by atoms with Crippen molar-refractivity contribution < 1.29 is 5.11 Å². The van der Waals surface area contributed by atoms with E-state index in [0.29, 0.717) is 0 Å². The summed E-state index contributed by atoms with van der Waals surface area (Å²) >= 11 is 0. The zero-order valence-corrected chi connectivity index (χ0v) is 8.46. The second-order valence-electron chi connectivity index (χ2n) is 3.51. The number of aliphatic hydroxyl groups is 1. The lowest BCUT2D eigenvalue weighted by atomic mass is 10.0. The summed E-state index contributed by atoms with van der Waals surface area (Å²) in [6.07, 6.45) is 2.03. The van der Waals surface area contributed by atoms with Gasteiger partial charge in [-0.3, -0.25) is 0 Å². The maximum atomic E-state index is 8.89. The monoisotopic (exact) mass is 176 g/mol. The third kappa shape index (κ3) is 2.71. The summed E-state index contributed by atoms with van der Waals surface area (Å²) in [7, 11) is 0. The maximum Gasteiger partial charge on any atom is 0.0642 e. The first-order valence-corrected chi connectivity index (χ1v) is 4.49. The standard InChI is InChI=1S/C12H16O/c1-9-4-5-11(3)12(6-9)7-10(2)8-13/h4-7,13H,8H2,1-3H3/b10-7+. The fourth-order valence-corrected chi connectivity index (χ4v) is 1.23. The summed E-state index contributed by atoms with van der Waals surface area (Å²) < 4.78 is 0. The van der Waals surface area contributed by atoms with Crippen LogP contribution in [0.2, 0.25) is 0 Å². The van der Waals surface area contributed by atoms with Crippen molar-refractivity contribution in [2.45, 2.75) is 20.8 Å². The number of hydrogen-bond acceptors (Lipinski definition) is 1. The lowest BCUT2D eigenvalue weighted by Crippen LogP contribution is -1.87. The topological polar surface area (TPSA) is 20.2 Å². The van der Waals surface area contributed by atoms with Crippen LogP contribution in [0.25, 0.3) is 6.08 Å². The first-order valence-electron chi connectivity index (χ1n) is 4.49. The van der Waals surface area contributed by atoms with Gasteiger partial charge in [0, 0.05) is 0 Å². The average Bonchev–Trinajstić information content (AvgIpc) is 2.11. The smallest absolute Gasteiger partial charge is 0.0642 e. The SMILES string of the molecule is C/C(=C\c1cc(C)ccc1C)CO. The molecule has 0 saturated carbocycles. The third-order valence-electron chi connectivity index (χ3n) is 2.09. The van der Waals surface area contributed by atoms with Gasteiger partial charge in [0.25, 0.3) is 0 Å². The van der Waals surface area contributed by atoms with Crippen molar-refractivity contribution in [2.24, 2.45) is 0 Å². The van der Waals surface area contributed by atoms with E-state index in [0.717, 1.165) is 5.57 Å². The molecule has 0 radical (unpaired) electrons. The van der Waals surface area contributed by atoms with Gasteiger partial charge in [-0.2, -0.15) is 0 Å². The highest BCUT2D eigenvalue weighted by molar-refractivity contribution is 5.57. The van der Waals surface area contributed by atoms with Crippen LogP contribution in [0, 0.1) is 13.8 Å². The molecule has 0 spiro atoms. The molecule has 0 atom stereocenters. The van der Waals surface area contributed by atoms with Crippen molar-refractivity contribution in [1.82, 2.24) is 0 Å². The van der Waals surface area contributed by atoms with Gasteiger partial charge in [-0.1, -0.05) is 29.8 Å². The predicted octanol–water partition coefficient (Wildman–Crippen LogP) is 2.70. The van der Waals surface area contributed by atoms with E-state index in [9.17, 15) is 0 Å². The highest BCUT2D eigenvalue weighted by Crippen LogP contribution is 2.14. The van der Waals surface area contributed by atoms with E-state index in [1.165, 1.54) is 16.7 Å².